The molecule has 0 unspecified atom stereocenters. The van der Waals surface area contributed by atoms with Crippen LogP contribution in [0.3, 0.4) is 0 Å². The standard InChI is InChI=1S/C18H15F3N2O4/c19-18(20,21)15-9-8-14(16(11-15)23(25)26)7-4-10-22-17(24)27-12-13-5-2-1-3-6-13/h1-9,11H,10,12H2,(H,22,24). The van der Waals surface area contributed by atoms with Crippen molar-refractivity contribution in [1.82, 2.24) is 5.32 Å². The molecular weight excluding hydrogens is 365 g/mol. The van der Waals surface area contributed by atoms with Crippen LogP contribution in [0.15, 0.2) is 54.6 Å². The van der Waals surface area contributed by atoms with Gasteiger partial charge in [0, 0.05) is 12.6 Å². The molecule has 6 nitrogen and oxygen atoms in total. The molecule has 0 fully saturated rings. The Morgan fingerprint density at radius 2 is 1.89 bits per heavy atom. The minimum Gasteiger partial charge on any atom is -0.445 e. The van der Waals surface area contributed by atoms with Crippen LogP contribution in [0.5, 0.6) is 0 Å². The Morgan fingerprint density at radius 1 is 1.19 bits per heavy atom. The Labute approximate surface area is 152 Å². The molecule has 2 aromatic carbocycles. The van der Waals surface area contributed by atoms with E-state index in [1.54, 1.807) is 24.3 Å². The Hall–Kier alpha value is -3.36. The number of nitro benzene ring substituents is 1. The lowest BCUT2D eigenvalue weighted by molar-refractivity contribution is -0.385. The van der Waals surface area contributed by atoms with E-state index in [4.69, 9.17) is 4.74 Å². The number of hydrogen-bond acceptors (Lipinski definition) is 4. The van der Waals surface area contributed by atoms with Crippen molar-refractivity contribution in [2.75, 3.05) is 6.54 Å². The zero-order valence-electron chi connectivity index (χ0n) is 13.9. The predicted octanol–water partition coefficient (Wildman–Crippen LogP) is 4.55. The van der Waals surface area contributed by atoms with Gasteiger partial charge in [0.1, 0.15) is 6.61 Å². The van der Waals surface area contributed by atoms with Gasteiger partial charge in [0.25, 0.3) is 5.69 Å². The summed E-state index contributed by atoms with van der Waals surface area (Å²) in [6, 6.07) is 11.2. The third-order valence-electron chi connectivity index (χ3n) is 3.43. The number of nitrogens with one attached hydrogen (secondary N) is 1. The summed E-state index contributed by atoms with van der Waals surface area (Å²) in [6.07, 6.45) is -2.72. The fourth-order valence-corrected chi connectivity index (χ4v) is 2.12. The van der Waals surface area contributed by atoms with E-state index in [1.165, 1.54) is 12.2 Å². The lowest BCUT2D eigenvalue weighted by Crippen LogP contribution is -2.24. The highest BCUT2D eigenvalue weighted by atomic mass is 19.4. The van der Waals surface area contributed by atoms with E-state index >= 15 is 0 Å². The number of nitro groups is 1. The van der Waals surface area contributed by atoms with Crippen LogP contribution < -0.4 is 5.32 Å². The Balaban J connectivity index is 1.91. The second kappa shape index (κ2) is 8.84. The molecule has 0 atom stereocenters. The quantitative estimate of drug-likeness (QED) is 0.589. The third-order valence-corrected chi connectivity index (χ3v) is 3.43. The zero-order chi connectivity index (χ0) is 19.9. The molecule has 142 valence electrons. The van der Waals surface area contributed by atoms with Crippen molar-refractivity contribution in [2.24, 2.45) is 0 Å². The second-order valence-corrected chi connectivity index (χ2v) is 5.37. The van der Waals surface area contributed by atoms with Gasteiger partial charge in [-0.25, -0.2) is 4.79 Å². The minimum atomic E-state index is -4.67. The summed E-state index contributed by atoms with van der Waals surface area (Å²) >= 11 is 0. The van der Waals surface area contributed by atoms with Gasteiger partial charge in [-0.05, 0) is 17.7 Å². The Kier molecular flexibility index (Phi) is 6.53. The summed E-state index contributed by atoms with van der Waals surface area (Å²) in [5.41, 5.74) is -0.974. The highest BCUT2D eigenvalue weighted by Crippen LogP contribution is 2.33. The number of hydrogen-bond donors (Lipinski definition) is 1. The first-order valence-corrected chi connectivity index (χ1v) is 7.74. The number of rotatable bonds is 6. The number of carbonyl (C=O) groups excluding carboxylic acids is 1. The summed E-state index contributed by atoms with van der Waals surface area (Å²) in [5, 5.41) is 13.4. The average Bonchev–Trinajstić information content (AvgIpc) is 2.63. The molecule has 0 aromatic heterocycles. The molecule has 0 aliphatic carbocycles. The van der Waals surface area contributed by atoms with E-state index < -0.39 is 28.4 Å². The fraction of sp³-hybridized carbons (Fsp3) is 0.167. The van der Waals surface area contributed by atoms with E-state index in [9.17, 15) is 28.1 Å². The molecule has 0 aliphatic heterocycles. The molecule has 9 heteroatoms. The van der Waals surface area contributed by atoms with Gasteiger partial charge in [-0.1, -0.05) is 42.5 Å². The van der Waals surface area contributed by atoms with E-state index in [-0.39, 0.29) is 18.7 Å². The van der Waals surface area contributed by atoms with E-state index in [1.807, 2.05) is 6.07 Å². The molecule has 1 amide bonds. The van der Waals surface area contributed by atoms with Gasteiger partial charge in [0.15, 0.2) is 0 Å². The molecule has 0 heterocycles. The lowest BCUT2D eigenvalue weighted by Gasteiger charge is -2.07. The molecule has 0 spiro atoms. The summed E-state index contributed by atoms with van der Waals surface area (Å²) < 4.78 is 42.9. The summed E-state index contributed by atoms with van der Waals surface area (Å²) in [5.74, 6) is 0. The normalized spacial score (nSPS) is 11.4. The highest BCUT2D eigenvalue weighted by molar-refractivity contribution is 5.68. The van der Waals surface area contributed by atoms with Crippen LogP contribution in [-0.4, -0.2) is 17.6 Å². The van der Waals surface area contributed by atoms with Crippen LogP contribution in [0, 0.1) is 10.1 Å². The van der Waals surface area contributed by atoms with Gasteiger partial charge in [0.05, 0.1) is 16.1 Å². The summed E-state index contributed by atoms with van der Waals surface area (Å²) in [4.78, 5) is 21.6. The molecule has 0 saturated heterocycles. The monoisotopic (exact) mass is 380 g/mol. The third kappa shape index (κ3) is 6.14. The number of alkyl halides is 3. The van der Waals surface area contributed by atoms with Crippen molar-refractivity contribution in [3.63, 3.8) is 0 Å². The highest BCUT2D eigenvalue weighted by Gasteiger charge is 2.32. The Bertz CT molecular complexity index is 836. The van der Waals surface area contributed by atoms with Crippen LogP contribution in [0.1, 0.15) is 16.7 Å². The average molecular weight is 380 g/mol. The molecule has 0 bridgehead atoms. The van der Waals surface area contributed by atoms with Crippen molar-refractivity contribution in [2.45, 2.75) is 12.8 Å². The molecule has 1 N–H and O–H groups in total. The lowest BCUT2D eigenvalue weighted by atomic mass is 10.1. The number of benzene rings is 2. The number of ether oxygens (including phenoxy) is 1. The summed E-state index contributed by atoms with van der Waals surface area (Å²) in [6.45, 7) is 0.0760. The molecule has 2 rings (SSSR count). The molecule has 0 aliphatic rings. The van der Waals surface area contributed by atoms with Crippen LogP contribution in [0.2, 0.25) is 0 Å². The number of carbonyl (C=O) groups is 1. The smallest absolute Gasteiger partial charge is 0.416 e. The van der Waals surface area contributed by atoms with E-state index in [2.05, 4.69) is 5.32 Å². The van der Waals surface area contributed by atoms with Crippen molar-refractivity contribution in [1.29, 1.82) is 0 Å². The maximum atomic E-state index is 12.7. The summed E-state index contributed by atoms with van der Waals surface area (Å²) in [7, 11) is 0. The molecule has 2 aromatic rings. The maximum Gasteiger partial charge on any atom is 0.416 e. The fourth-order valence-electron chi connectivity index (χ4n) is 2.12. The minimum absolute atomic E-state index is 0.00699. The molecule has 0 saturated carbocycles. The number of alkyl carbamates (subject to hydrolysis) is 1. The number of nitrogens with zero attached hydrogens (tertiary/aromatic N) is 1. The van der Waals surface area contributed by atoms with Crippen molar-refractivity contribution < 1.29 is 27.6 Å². The first kappa shape index (κ1) is 20.0. The number of halogens is 3. The maximum absolute atomic E-state index is 12.7. The van der Waals surface area contributed by atoms with E-state index in [0.29, 0.717) is 6.07 Å². The van der Waals surface area contributed by atoms with Crippen molar-refractivity contribution >= 4 is 17.9 Å². The van der Waals surface area contributed by atoms with Gasteiger partial charge in [-0.3, -0.25) is 10.1 Å². The van der Waals surface area contributed by atoms with Gasteiger partial charge in [0.2, 0.25) is 0 Å². The zero-order valence-corrected chi connectivity index (χ0v) is 13.9. The molecule has 0 radical (unpaired) electrons. The van der Waals surface area contributed by atoms with Crippen LogP contribution in [0.25, 0.3) is 6.08 Å². The van der Waals surface area contributed by atoms with E-state index in [0.717, 1.165) is 17.7 Å². The predicted molar refractivity (Wildman–Crippen MR) is 91.8 cm³/mol. The van der Waals surface area contributed by atoms with Gasteiger partial charge in [-0.15, -0.1) is 0 Å². The SMILES string of the molecule is O=C(NCC=Cc1ccc(C(F)(F)F)cc1[N+](=O)[O-])OCc1ccccc1. The van der Waals surface area contributed by atoms with Gasteiger partial charge < -0.3 is 10.1 Å². The van der Waals surface area contributed by atoms with Crippen LogP contribution in [-0.2, 0) is 17.5 Å². The van der Waals surface area contributed by atoms with Crippen LogP contribution in [0.4, 0.5) is 23.7 Å². The van der Waals surface area contributed by atoms with Gasteiger partial charge >= 0.3 is 12.3 Å². The second-order valence-electron chi connectivity index (χ2n) is 5.37. The molecule has 27 heavy (non-hydrogen) atoms. The largest absolute Gasteiger partial charge is 0.445 e. The topological polar surface area (TPSA) is 81.5 Å². The van der Waals surface area contributed by atoms with Crippen molar-refractivity contribution in [3.8, 4) is 0 Å². The first-order chi connectivity index (χ1) is 12.8. The Morgan fingerprint density at radius 3 is 2.52 bits per heavy atom. The van der Waals surface area contributed by atoms with Gasteiger partial charge in [-0.2, -0.15) is 13.2 Å². The number of amides is 1. The van der Waals surface area contributed by atoms with Crippen LogP contribution >= 0.6 is 0 Å². The molecular formula is C18H15F3N2O4. The first-order valence-electron chi connectivity index (χ1n) is 7.74. The van der Waals surface area contributed by atoms with Crippen molar-refractivity contribution in [3.05, 3.63) is 81.4 Å².